The van der Waals surface area contributed by atoms with Gasteiger partial charge in [-0.05, 0) is 82.2 Å². The monoisotopic (exact) mass is 633 g/mol. The maximum absolute atomic E-state index is 13.6. The standard InChI is InChI=1S/C31H38F3N5O6/c1-30(2,3)45-29(43)37-25-16-23(44-31(32,33)34)9-10-24(25)28(42)38-13-11-21(12-14-38)39(18-40)26-15-20(17-36-27(26)35-4)19-5-7-22(41)8-6-19/h5,9-10,15-18,21-22,41H,6-8,11-14H2,1-4H3,(H,35,36)(H,37,43). The normalized spacial score (nSPS) is 17.6. The summed E-state index contributed by atoms with van der Waals surface area (Å²) >= 11 is 0. The molecule has 2 aliphatic rings. The second-order valence-corrected chi connectivity index (χ2v) is 11.9. The summed E-state index contributed by atoms with van der Waals surface area (Å²) in [6, 6.07) is 4.72. The molecule has 14 heteroatoms. The molecule has 0 radical (unpaired) electrons. The number of piperidine rings is 1. The first-order chi connectivity index (χ1) is 21.2. The summed E-state index contributed by atoms with van der Waals surface area (Å²) in [5, 5.41) is 15.3. The van der Waals surface area contributed by atoms with Crippen LogP contribution in [0.15, 0.2) is 36.5 Å². The molecule has 1 saturated heterocycles. The number of ether oxygens (including phenoxy) is 2. The number of aliphatic hydroxyl groups excluding tert-OH is 1. The molecule has 1 aliphatic heterocycles. The molecule has 3 amide bonds. The Morgan fingerprint density at radius 3 is 2.42 bits per heavy atom. The molecule has 0 bridgehead atoms. The molecule has 1 fully saturated rings. The van der Waals surface area contributed by atoms with Crippen LogP contribution in [0.4, 0.5) is 35.2 Å². The van der Waals surface area contributed by atoms with E-state index in [9.17, 15) is 32.7 Å². The average Bonchev–Trinajstić information content (AvgIpc) is 2.96. The number of hydrogen-bond donors (Lipinski definition) is 3. The van der Waals surface area contributed by atoms with Crippen molar-refractivity contribution in [3.8, 4) is 5.75 Å². The van der Waals surface area contributed by atoms with Gasteiger partial charge in [-0.15, -0.1) is 13.2 Å². The Balaban J connectivity index is 1.52. The molecule has 4 rings (SSSR count). The van der Waals surface area contributed by atoms with Crippen LogP contribution in [0.2, 0.25) is 0 Å². The highest BCUT2D eigenvalue weighted by Gasteiger charge is 2.33. The number of rotatable bonds is 8. The zero-order valence-electron chi connectivity index (χ0n) is 25.6. The fraction of sp³-hybridized carbons (Fsp3) is 0.484. The van der Waals surface area contributed by atoms with Crippen LogP contribution in [-0.4, -0.2) is 77.6 Å². The molecule has 1 atom stereocenters. The molecular formula is C31H38F3N5O6. The highest BCUT2D eigenvalue weighted by atomic mass is 19.4. The third kappa shape index (κ3) is 8.87. The molecule has 1 aromatic heterocycles. The number of aliphatic hydroxyl groups is 1. The van der Waals surface area contributed by atoms with Crippen LogP contribution >= 0.6 is 0 Å². The number of nitrogens with one attached hydrogen (secondary N) is 2. The summed E-state index contributed by atoms with van der Waals surface area (Å²) in [5.74, 6) is -0.608. The minimum absolute atomic E-state index is 0.0404. The van der Waals surface area contributed by atoms with Crippen molar-refractivity contribution < 1.29 is 42.1 Å². The van der Waals surface area contributed by atoms with Gasteiger partial charge in [-0.1, -0.05) is 6.08 Å². The molecule has 1 aliphatic carbocycles. The number of amides is 3. The van der Waals surface area contributed by atoms with Gasteiger partial charge in [-0.25, -0.2) is 9.78 Å². The van der Waals surface area contributed by atoms with E-state index in [2.05, 4.69) is 20.4 Å². The van der Waals surface area contributed by atoms with E-state index in [1.54, 1.807) is 38.9 Å². The van der Waals surface area contributed by atoms with E-state index in [1.165, 1.54) is 4.90 Å². The number of carbonyl (C=O) groups is 3. The molecule has 1 unspecified atom stereocenters. The number of pyridine rings is 1. The average molecular weight is 634 g/mol. The van der Waals surface area contributed by atoms with Crippen molar-refractivity contribution in [3.05, 3.63) is 47.7 Å². The van der Waals surface area contributed by atoms with Crippen LogP contribution in [0.3, 0.4) is 0 Å². The number of benzene rings is 1. The van der Waals surface area contributed by atoms with Gasteiger partial charge < -0.3 is 29.7 Å². The van der Waals surface area contributed by atoms with Gasteiger partial charge in [0, 0.05) is 38.4 Å². The summed E-state index contributed by atoms with van der Waals surface area (Å²) < 4.78 is 47.9. The third-order valence-corrected chi connectivity index (χ3v) is 7.49. The third-order valence-electron chi connectivity index (χ3n) is 7.49. The SMILES string of the molecule is CNc1ncc(C2=CCC(O)CC2)cc1N(C=O)C1CCN(C(=O)c2ccc(OC(F)(F)F)cc2NC(=O)OC(C)(C)C)CC1. The van der Waals surface area contributed by atoms with Crippen molar-refractivity contribution in [2.24, 2.45) is 0 Å². The topological polar surface area (TPSA) is 133 Å². The van der Waals surface area contributed by atoms with Crippen molar-refractivity contribution in [2.75, 3.05) is 35.7 Å². The van der Waals surface area contributed by atoms with Crippen LogP contribution in [0.1, 0.15) is 68.8 Å². The minimum atomic E-state index is -4.97. The van der Waals surface area contributed by atoms with E-state index in [0.29, 0.717) is 43.6 Å². The van der Waals surface area contributed by atoms with Gasteiger partial charge >= 0.3 is 12.5 Å². The second kappa shape index (κ2) is 13.8. The molecule has 244 valence electrons. The van der Waals surface area contributed by atoms with Gasteiger partial charge in [0.2, 0.25) is 6.41 Å². The van der Waals surface area contributed by atoms with Gasteiger partial charge in [0.25, 0.3) is 5.91 Å². The number of aromatic nitrogens is 1. The Bertz CT molecular complexity index is 1430. The fourth-order valence-electron chi connectivity index (χ4n) is 5.38. The van der Waals surface area contributed by atoms with Crippen molar-refractivity contribution in [1.82, 2.24) is 9.88 Å². The summed E-state index contributed by atoms with van der Waals surface area (Å²) in [7, 11) is 1.71. The zero-order chi connectivity index (χ0) is 32.9. The van der Waals surface area contributed by atoms with Crippen LogP contribution < -0.4 is 20.3 Å². The Kier molecular flexibility index (Phi) is 10.3. The number of carbonyl (C=O) groups excluding carboxylic acids is 3. The molecule has 1 aromatic carbocycles. The van der Waals surface area contributed by atoms with Gasteiger partial charge in [0.1, 0.15) is 17.2 Å². The summed E-state index contributed by atoms with van der Waals surface area (Å²) in [4.78, 5) is 46.1. The van der Waals surface area contributed by atoms with Gasteiger partial charge in [-0.3, -0.25) is 14.9 Å². The molecule has 2 aromatic rings. The lowest BCUT2D eigenvalue weighted by molar-refractivity contribution is -0.274. The largest absolute Gasteiger partial charge is 0.573 e. The number of hydrogen-bond acceptors (Lipinski definition) is 8. The highest BCUT2D eigenvalue weighted by molar-refractivity contribution is 6.03. The first-order valence-electron chi connectivity index (χ1n) is 14.7. The quantitative estimate of drug-likeness (QED) is 0.322. The maximum Gasteiger partial charge on any atom is 0.573 e. The van der Waals surface area contributed by atoms with Crippen LogP contribution in [0.5, 0.6) is 5.75 Å². The van der Waals surface area contributed by atoms with Gasteiger partial charge in [0.15, 0.2) is 0 Å². The molecule has 0 spiro atoms. The Morgan fingerprint density at radius 1 is 1.13 bits per heavy atom. The number of nitrogens with zero attached hydrogens (tertiary/aromatic N) is 3. The second-order valence-electron chi connectivity index (χ2n) is 11.9. The first kappa shape index (κ1) is 33.6. The van der Waals surface area contributed by atoms with E-state index in [1.807, 2.05) is 12.1 Å². The lowest BCUT2D eigenvalue weighted by Crippen LogP contribution is -2.47. The minimum Gasteiger partial charge on any atom is -0.444 e. The molecule has 45 heavy (non-hydrogen) atoms. The Hall–Kier alpha value is -4.33. The van der Waals surface area contributed by atoms with Gasteiger partial charge in [-0.2, -0.15) is 0 Å². The first-order valence-corrected chi connectivity index (χ1v) is 14.7. The number of likely N-dealkylation sites (tertiary alicyclic amines) is 1. The van der Waals surface area contributed by atoms with Crippen LogP contribution in [0, 0.1) is 0 Å². The smallest absolute Gasteiger partial charge is 0.444 e. The lowest BCUT2D eigenvalue weighted by atomic mass is 9.92. The van der Waals surface area contributed by atoms with Crippen LogP contribution in [0.25, 0.3) is 5.57 Å². The van der Waals surface area contributed by atoms with Crippen molar-refractivity contribution in [1.29, 1.82) is 0 Å². The highest BCUT2D eigenvalue weighted by Crippen LogP contribution is 2.35. The summed E-state index contributed by atoms with van der Waals surface area (Å²) in [6.45, 7) is 5.36. The molecule has 3 N–H and O–H groups in total. The molecular weight excluding hydrogens is 595 g/mol. The predicted octanol–water partition coefficient (Wildman–Crippen LogP) is 5.56. The number of alkyl halides is 3. The Morgan fingerprint density at radius 2 is 1.84 bits per heavy atom. The van der Waals surface area contributed by atoms with E-state index in [0.717, 1.165) is 35.7 Å². The molecule has 2 heterocycles. The van der Waals surface area contributed by atoms with Crippen molar-refractivity contribution in [2.45, 2.75) is 77.0 Å². The van der Waals surface area contributed by atoms with E-state index < -0.39 is 29.7 Å². The molecule has 0 saturated carbocycles. The van der Waals surface area contributed by atoms with E-state index in [4.69, 9.17) is 4.74 Å². The van der Waals surface area contributed by atoms with E-state index >= 15 is 0 Å². The predicted molar refractivity (Wildman–Crippen MR) is 162 cm³/mol. The number of allylic oxidation sites excluding steroid dienone is 1. The fourth-order valence-corrected chi connectivity index (χ4v) is 5.38. The zero-order valence-corrected chi connectivity index (χ0v) is 25.6. The van der Waals surface area contributed by atoms with Crippen molar-refractivity contribution >= 4 is 41.2 Å². The van der Waals surface area contributed by atoms with Crippen molar-refractivity contribution in [3.63, 3.8) is 0 Å². The summed E-state index contributed by atoms with van der Waals surface area (Å²) in [6.07, 6.45) is 0.884. The lowest BCUT2D eigenvalue weighted by Gasteiger charge is -2.37. The van der Waals surface area contributed by atoms with E-state index in [-0.39, 0.29) is 36.5 Å². The number of halogens is 3. The number of anilines is 3. The molecule has 11 nitrogen and oxygen atoms in total. The summed E-state index contributed by atoms with van der Waals surface area (Å²) in [5.41, 5.74) is 1.37. The maximum atomic E-state index is 13.6. The Labute approximate surface area is 259 Å². The van der Waals surface area contributed by atoms with Gasteiger partial charge in [0.05, 0.1) is 23.0 Å². The van der Waals surface area contributed by atoms with Crippen LogP contribution in [-0.2, 0) is 9.53 Å².